The molecule has 3 aromatic heterocycles. The van der Waals surface area contributed by atoms with E-state index in [0.29, 0.717) is 0 Å². The number of nitrogens with one attached hydrogen (secondary N) is 1. The quantitative estimate of drug-likeness (QED) is 0.606. The van der Waals surface area contributed by atoms with Gasteiger partial charge in [0.2, 0.25) is 0 Å². The number of fused-ring (bicyclic) bond motifs is 1. The molecule has 0 radical (unpaired) electrons. The number of aromatic nitrogens is 5. The van der Waals surface area contributed by atoms with E-state index in [4.69, 9.17) is 0 Å². The van der Waals surface area contributed by atoms with Gasteiger partial charge in [0.25, 0.3) is 0 Å². The lowest BCUT2D eigenvalue weighted by molar-refractivity contribution is 0.895. The predicted molar refractivity (Wildman–Crippen MR) is 95.7 cm³/mol. The van der Waals surface area contributed by atoms with E-state index < -0.39 is 0 Å². The van der Waals surface area contributed by atoms with Crippen molar-refractivity contribution in [2.75, 3.05) is 11.9 Å². The highest BCUT2D eigenvalue weighted by atomic mass is 32.1. The number of hydrogen-bond acceptors (Lipinski definition) is 6. The van der Waals surface area contributed by atoms with Gasteiger partial charge in [-0.3, -0.25) is 0 Å². The van der Waals surface area contributed by atoms with Gasteiger partial charge in [0.05, 0.1) is 22.3 Å². The molecule has 0 saturated heterocycles. The van der Waals surface area contributed by atoms with Crippen LogP contribution in [0.1, 0.15) is 9.88 Å². The number of nitrogens with zero attached hydrogens (tertiary/aromatic N) is 5. The van der Waals surface area contributed by atoms with Crippen LogP contribution in [0, 0.1) is 6.92 Å². The van der Waals surface area contributed by atoms with Crippen molar-refractivity contribution in [2.24, 2.45) is 0 Å². The fraction of sp³-hybridized carbons (Fsp3) is 0.176. The summed E-state index contributed by atoms with van der Waals surface area (Å²) in [6.45, 7) is 2.82. The molecule has 1 aromatic carbocycles. The summed E-state index contributed by atoms with van der Waals surface area (Å²) in [5, 5.41) is 9.86. The summed E-state index contributed by atoms with van der Waals surface area (Å²) < 4.78 is 1.83. The van der Waals surface area contributed by atoms with E-state index in [9.17, 15) is 0 Å². The van der Waals surface area contributed by atoms with E-state index in [2.05, 4.69) is 25.4 Å². The maximum Gasteiger partial charge on any atom is 0.168 e. The standard InChI is InChI=1S/C17H16N6S/c1-12-19-9-14(24-12)7-8-18-16-15-10-22-23(17(15)21-11-20-16)13-5-3-2-4-6-13/h2-6,9-11H,7-8H2,1H3,(H,18,20,21). The largest absolute Gasteiger partial charge is 0.369 e. The molecule has 0 aliphatic carbocycles. The summed E-state index contributed by atoms with van der Waals surface area (Å²) in [6, 6.07) is 9.97. The van der Waals surface area contributed by atoms with Crippen LogP contribution in [0.4, 0.5) is 5.82 Å². The summed E-state index contributed by atoms with van der Waals surface area (Å²) in [7, 11) is 0. The van der Waals surface area contributed by atoms with Gasteiger partial charge in [-0.2, -0.15) is 5.10 Å². The molecule has 4 aromatic rings. The van der Waals surface area contributed by atoms with Crippen molar-refractivity contribution in [1.82, 2.24) is 24.7 Å². The van der Waals surface area contributed by atoms with E-state index in [1.807, 2.05) is 54.3 Å². The second-order valence-corrected chi connectivity index (χ2v) is 6.69. The molecule has 3 heterocycles. The summed E-state index contributed by atoms with van der Waals surface area (Å²) in [5.74, 6) is 0.809. The highest BCUT2D eigenvalue weighted by Gasteiger charge is 2.10. The van der Waals surface area contributed by atoms with E-state index in [0.717, 1.165) is 40.5 Å². The van der Waals surface area contributed by atoms with Gasteiger partial charge in [-0.15, -0.1) is 11.3 Å². The van der Waals surface area contributed by atoms with Gasteiger partial charge in [0.1, 0.15) is 12.1 Å². The van der Waals surface area contributed by atoms with Gasteiger partial charge in [0.15, 0.2) is 5.65 Å². The fourth-order valence-electron chi connectivity index (χ4n) is 2.57. The summed E-state index contributed by atoms with van der Waals surface area (Å²) in [6.07, 6.45) is 6.23. The molecule has 0 fully saturated rings. The summed E-state index contributed by atoms with van der Waals surface area (Å²) in [4.78, 5) is 14.3. The number of anilines is 1. The Labute approximate surface area is 143 Å². The Morgan fingerprint density at radius 3 is 2.75 bits per heavy atom. The smallest absolute Gasteiger partial charge is 0.168 e. The maximum absolute atomic E-state index is 4.46. The van der Waals surface area contributed by atoms with Gasteiger partial charge < -0.3 is 5.32 Å². The number of aryl methyl sites for hydroxylation is 1. The molecular formula is C17H16N6S. The van der Waals surface area contributed by atoms with Crippen LogP contribution in [0.25, 0.3) is 16.7 Å². The van der Waals surface area contributed by atoms with E-state index >= 15 is 0 Å². The molecule has 24 heavy (non-hydrogen) atoms. The number of thiazole rings is 1. The normalized spacial score (nSPS) is 11.0. The SMILES string of the molecule is Cc1ncc(CCNc2ncnc3c2cnn3-c2ccccc2)s1. The Kier molecular flexibility index (Phi) is 3.92. The lowest BCUT2D eigenvalue weighted by atomic mass is 10.3. The van der Waals surface area contributed by atoms with Crippen LogP contribution in [-0.2, 0) is 6.42 Å². The minimum Gasteiger partial charge on any atom is -0.369 e. The van der Waals surface area contributed by atoms with Crippen LogP contribution in [-0.4, -0.2) is 31.3 Å². The van der Waals surface area contributed by atoms with Crippen molar-refractivity contribution in [2.45, 2.75) is 13.3 Å². The first-order chi connectivity index (χ1) is 11.8. The highest BCUT2D eigenvalue weighted by molar-refractivity contribution is 7.11. The van der Waals surface area contributed by atoms with Crippen molar-refractivity contribution in [3.63, 3.8) is 0 Å². The van der Waals surface area contributed by atoms with Crippen LogP contribution in [0.5, 0.6) is 0 Å². The first kappa shape index (κ1) is 14.8. The Balaban J connectivity index is 1.57. The zero-order valence-electron chi connectivity index (χ0n) is 13.2. The van der Waals surface area contributed by atoms with Crippen molar-refractivity contribution >= 4 is 28.2 Å². The highest BCUT2D eigenvalue weighted by Crippen LogP contribution is 2.21. The molecule has 0 aliphatic rings. The number of para-hydroxylation sites is 1. The monoisotopic (exact) mass is 336 g/mol. The van der Waals surface area contributed by atoms with Crippen molar-refractivity contribution in [3.05, 3.63) is 58.9 Å². The van der Waals surface area contributed by atoms with Gasteiger partial charge >= 0.3 is 0 Å². The first-order valence-electron chi connectivity index (χ1n) is 7.70. The Morgan fingerprint density at radius 2 is 1.96 bits per heavy atom. The number of hydrogen-bond donors (Lipinski definition) is 1. The molecule has 6 nitrogen and oxygen atoms in total. The minimum atomic E-state index is 0.796. The van der Waals surface area contributed by atoms with Crippen molar-refractivity contribution in [1.29, 1.82) is 0 Å². The van der Waals surface area contributed by atoms with Gasteiger partial charge in [-0.1, -0.05) is 18.2 Å². The zero-order chi connectivity index (χ0) is 16.4. The van der Waals surface area contributed by atoms with Gasteiger partial charge in [-0.25, -0.2) is 19.6 Å². The van der Waals surface area contributed by atoms with Crippen molar-refractivity contribution in [3.8, 4) is 5.69 Å². The van der Waals surface area contributed by atoms with Crippen molar-refractivity contribution < 1.29 is 0 Å². The third kappa shape index (κ3) is 2.85. The second kappa shape index (κ2) is 6.37. The average molecular weight is 336 g/mol. The molecule has 0 atom stereocenters. The van der Waals surface area contributed by atoms with Gasteiger partial charge in [0, 0.05) is 24.0 Å². The Hall–Kier alpha value is -2.80. The van der Waals surface area contributed by atoms with E-state index in [1.54, 1.807) is 17.7 Å². The van der Waals surface area contributed by atoms with Crippen LogP contribution in [0.2, 0.25) is 0 Å². The molecule has 0 spiro atoms. The molecule has 0 bridgehead atoms. The van der Waals surface area contributed by atoms with Gasteiger partial charge in [-0.05, 0) is 19.1 Å². The first-order valence-corrected chi connectivity index (χ1v) is 8.52. The summed E-state index contributed by atoms with van der Waals surface area (Å²) in [5.41, 5.74) is 1.78. The third-order valence-corrected chi connectivity index (χ3v) is 4.67. The molecule has 120 valence electrons. The van der Waals surface area contributed by atoms with Crippen LogP contribution >= 0.6 is 11.3 Å². The Bertz CT molecular complexity index is 960. The topological polar surface area (TPSA) is 68.5 Å². The number of benzene rings is 1. The molecular weight excluding hydrogens is 320 g/mol. The lowest BCUT2D eigenvalue weighted by Gasteiger charge is -2.06. The average Bonchev–Trinajstić information content (AvgIpc) is 3.22. The molecule has 0 aliphatic heterocycles. The minimum absolute atomic E-state index is 0.796. The van der Waals surface area contributed by atoms with Crippen LogP contribution < -0.4 is 5.32 Å². The van der Waals surface area contributed by atoms with E-state index in [1.165, 1.54) is 4.88 Å². The predicted octanol–water partition coefficient (Wildman–Crippen LogP) is 3.24. The summed E-state index contributed by atoms with van der Waals surface area (Å²) >= 11 is 1.73. The molecule has 1 N–H and O–H groups in total. The Morgan fingerprint density at radius 1 is 1.08 bits per heavy atom. The molecule has 7 heteroatoms. The third-order valence-electron chi connectivity index (χ3n) is 3.70. The van der Waals surface area contributed by atoms with Crippen LogP contribution in [0.3, 0.4) is 0 Å². The molecule has 0 amide bonds. The van der Waals surface area contributed by atoms with E-state index in [-0.39, 0.29) is 0 Å². The molecule has 4 rings (SSSR count). The lowest BCUT2D eigenvalue weighted by Crippen LogP contribution is -2.06. The number of rotatable bonds is 5. The zero-order valence-corrected chi connectivity index (χ0v) is 14.0. The van der Waals surface area contributed by atoms with Crippen LogP contribution in [0.15, 0.2) is 49.1 Å². The molecule has 0 saturated carbocycles. The maximum atomic E-state index is 4.46. The fourth-order valence-corrected chi connectivity index (χ4v) is 3.36. The molecule has 0 unspecified atom stereocenters. The second-order valence-electron chi connectivity index (χ2n) is 5.37.